The Morgan fingerprint density at radius 3 is 2.09 bits per heavy atom. The Hall–Kier alpha value is -2.98. The minimum Gasteiger partial charge on any atom is -0.336 e. The van der Waals surface area contributed by atoms with Gasteiger partial charge in [0.2, 0.25) is 15.9 Å². The number of nitrogens with zero attached hydrogens (tertiary/aromatic N) is 1. The lowest BCUT2D eigenvalue weighted by molar-refractivity contribution is -0.120. The van der Waals surface area contributed by atoms with Crippen LogP contribution in [-0.4, -0.2) is 43.8 Å². The van der Waals surface area contributed by atoms with Crippen molar-refractivity contribution in [3.8, 4) is 0 Å². The van der Waals surface area contributed by atoms with Crippen molar-refractivity contribution in [2.45, 2.75) is 37.6 Å². The van der Waals surface area contributed by atoms with Gasteiger partial charge in [0.15, 0.2) is 0 Å². The fourth-order valence-corrected chi connectivity index (χ4v) is 4.94. The van der Waals surface area contributed by atoms with Gasteiger partial charge in [0.1, 0.15) is 5.82 Å². The molecule has 0 aromatic heterocycles. The van der Waals surface area contributed by atoms with Gasteiger partial charge in [-0.1, -0.05) is 12.1 Å². The molecule has 0 unspecified atom stereocenters. The molecule has 2 aromatic rings. The van der Waals surface area contributed by atoms with Crippen molar-refractivity contribution in [2.75, 3.05) is 23.7 Å². The lowest BCUT2D eigenvalue weighted by Gasteiger charge is -2.30. The van der Waals surface area contributed by atoms with E-state index in [2.05, 4.69) is 16.0 Å². The molecular formula is C22H27FN4O4S. The molecule has 0 saturated carbocycles. The summed E-state index contributed by atoms with van der Waals surface area (Å²) in [5.41, 5.74) is 0.938. The second kappa shape index (κ2) is 10.1. The monoisotopic (exact) mass is 462 g/mol. The molecule has 0 spiro atoms. The first-order valence-corrected chi connectivity index (χ1v) is 11.8. The fraction of sp³-hybridized carbons (Fsp3) is 0.364. The number of amides is 3. The third-order valence-corrected chi connectivity index (χ3v) is 7.04. The molecular weight excluding hydrogens is 435 g/mol. The summed E-state index contributed by atoms with van der Waals surface area (Å²) in [5.74, 6) is -1.11. The first-order chi connectivity index (χ1) is 15.2. The Balaban J connectivity index is 1.61. The number of benzene rings is 2. The van der Waals surface area contributed by atoms with Gasteiger partial charge in [-0.2, -0.15) is 4.31 Å². The number of nitrogens with one attached hydrogen (secondary N) is 3. The summed E-state index contributed by atoms with van der Waals surface area (Å²) in [4.78, 5) is 24.8. The Kier molecular flexibility index (Phi) is 7.47. The third-order valence-electron chi connectivity index (χ3n) is 5.13. The number of carbonyl (C=O) groups excluding carboxylic acids is 2. The van der Waals surface area contributed by atoms with Crippen molar-refractivity contribution >= 4 is 33.3 Å². The van der Waals surface area contributed by atoms with Gasteiger partial charge in [-0.3, -0.25) is 4.79 Å². The highest BCUT2D eigenvalue weighted by Gasteiger charge is 2.32. The highest BCUT2D eigenvalue weighted by molar-refractivity contribution is 7.89. The summed E-state index contributed by atoms with van der Waals surface area (Å²) in [5, 5.41) is 8.28. The maximum Gasteiger partial charge on any atom is 0.319 e. The van der Waals surface area contributed by atoms with E-state index in [4.69, 9.17) is 0 Å². The summed E-state index contributed by atoms with van der Waals surface area (Å²) >= 11 is 0. The summed E-state index contributed by atoms with van der Waals surface area (Å²) in [7, 11) is -3.74. The zero-order valence-corrected chi connectivity index (χ0v) is 18.8. The number of carbonyl (C=O) groups is 2. The predicted molar refractivity (Wildman–Crippen MR) is 120 cm³/mol. The van der Waals surface area contributed by atoms with Crippen LogP contribution in [0.1, 0.15) is 26.7 Å². The smallest absolute Gasteiger partial charge is 0.319 e. The zero-order chi connectivity index (χ0) is 23.3. The van der Waals surface area contributed by atoms with Gasteiger partial charge in [-0.15, -0.1) is 0 Å². The summed E-state index contributed by atoms with van der Waals surface area (Å²) in [6.45, 7) is 4.06. The Morgan fingerprint density at radius 1 is 0.969 bits per heavy atom. The number of sulfonamides is 1. The summed E-state index contributed by atoms with van der Waals surface area (Å²) in [6.07, 6.45) is 0.714. The lowest BCUT2D eigenvalue weighted by atomic mass is 9.97. The molecule has 1 saturated heterocycles. The quantitative estimate of drug-likeness (QED) is 0.612. The van der Waals surface area contributed by atoms with Crippen LogP contribution in [0.25, 0.3) is 0 Å². The average Bonchev–Trinajstić information content (AvgIpc) is 2.75. The van der Waals surface area contributed by atoms with Crippen LogP contribution in [0.4, 0.5) is 20.6 Å². The molecule has 1 heterocycles. The van der Waals surface area contributed by atoms with Crippen molar-refractivity contribution in [1.82, 2.24) is 9.62 Å². The Labute approximate surface area is 187 Å². The number of halogens is 1. The second-order valence-corrected chi connectivity index (χ2v) is 9.86. The predicted octanol–water partition coefficient (Wildman–Crippen LogP) is 3.40. The van der Waals surface area contributed by atoms with Gasteiger partial charge < -0.3 is 16.0 Å². The minimum atomic E-state index is -3.74. The number of rotatable bonds is 6. The van der Waals surface area contributed by atoms with Crippen molar-refractivity contribution < 1.29 is 22.4 Å². The molecule has 2 aromatic carbocycles. The fourth-order valence-electron chi connectivity index (χ4n) is 3.47. The Morgan fingerprint density at radius 2 is 1.53 bits per heavy atom. The van der Waals surface area contributed by atoms with E-state index in [0.717, 1.165) is 12.1 Å². The van der Waals surface area contributed by atoms with Gasteiger partial charge in [-0.25, -0.2) is 17.6 Å². The summed E-state index contributed by atoms with van der Waals surface area (Å²) < 4.78 is 39.9. The molecule has 10 heteroatoms. The molecule has 3 N–H and O–H groups in total. The molecule has 8 nitrogen and oxygen atoms in total. The van der Waals surface area contributed by atoms with Crippen molar-refractivity contribution in [3.63, 3.8) is 0 Å². The SMILES string of the molecule is CC(C)NC(=O)Nc1ccccc1NC(=O)C1CCN(S(=O)(=O)c2ccc(F)cc2)CC1. The van der Waals surface area contributed by atoms with Crippen LogP contribution >= 0.6 is 0 Å². The van der Waals surface area contributed by atoms with E-state index in [1.807, 2.05) is 13.8 Å². The van der Waals surface area contributed by atoms with E-state index in [1.165, 1.54) is 16.4 Å². The van der Waals surface area contributed by atoms with E-state index in [0.29, 0.717) is 24.2 Å². The first-order valence-electron chi connectivity index (χ1n) is 10.4. The molecule has 32 heavy (non-hydrogen) atoms. The van der Waals surface area contributed by atoms with Crippen LogP contribution in [0.2, 0.25) is 0 Å². The van der Waals surface area contributed by atoms with Gasteiger partial charge in [-0.05, 0) is 63.1 Å². The number of anilines is 2. The minimum absolute atomic E-state index is 0.0291. The van der Waals surface area contributed by atoms with Gasteiger partial charge in [0.25, 0.3) is 0 Å². The zero-order valence-electron chi connectivity index (χ0n) is 18.0. The molecule has 0 bridgehead atoms. The van der Waals surface area contributed by atoms with Crippen molar-refractivity contribution in [1.29, 1.82) is 0 Å². The number of urea groups is 1. The number of para-hydroxylation sites is 2. The normalized spacial score (nSPS) is 15.4. The highest BCUT2D eigenvalue weighted by Crippen LogP contribution is 2.27. The van der Waals surface area contributed by atoms with Crippen molar-refractivity contribution in [3.05, 3.63) is 54.3 Å². The Bertz CT molecular complexity index is 1070. The second-order valence-electron chi connectivity index (χ2n) is 7.92. The molecule has 3 amide bonds. The van der Waals surface area contributed by atoms with Gasteiger partial charge in [0, 0.05) is 25.0 Å². The molecule has 0 radical (unpaired) electrons. The number of piperidine rings is 1. The maximum absolute atomic E-state index is 13.1. The number of hydrogen-bond donors (Lipinski definition) is 3. The van der Waals surface area contributed by atoms with Crippen LogP contribution < -0.4 is 16.0 Å². The van der Waals surface area contributed by atoms with E-state index < -0.39 is 15.8 Å². The van der Waals surface area contributed by atoms with Crippen molar-refractivity contribution in [2.24, 2.45) is 5.92 Å². The largest absolute Gasteiger partial charge is 0.336 e. The van der Waals surface area contributed by atoms with Crippen LogP contribution in [0.3, 0.4) is 0 Å². The van der Waals surface area contributed by atoms with E-state index in [-0.39, 0.29) is 41.9 Å². The lowest BCUT2D eigenvalue weighted by Crippen LogP contribution is -2.41. The summed E-state index contributed by atoms with van der Waals surface area (Å²) in [6, 6.07) is 11.2. The maximum atomic E-state index is 13.1. The first kappa shape index (κ1) is 23.7. The topological polar surface area (TPSA) is 108 Å². The van der Waals surface area contributed by atoms with E-state index in [1.54, 1.807) is 24.3 Å². The average molecular weight is 463 g/mol. The third kappa shape index (κ3) is 5.83. The van der Waals surface area contributed by atoms with Crippen LogP contribution in [-0.2, 0) is 14.8 Å². The van der Waals surface area contributed by atoms with E-state index >= 15 is 0 Å². The highest BCUT2D eigenvalue weighted by atomic mass is 32.2. The molecule has 1 aliphatic heterocycles. The molecule has 0 aliphatic carbocycles. The molecule has 1 fully saturated rings. The van der Waals surface area contributed by atoms with Gasteiger partial charge >= 0.3 is 6.03 Å². The molecule has 172 valence electrons. The van der Waals surface area contributed by atoms with Crippen LogP contribution in [0.5, 0.6) is 0 Å². The van der Waals surface area contributed by atoms with Gasteiger partial charge in [0.05, 0.1) is 16.3 Å². The number of hydrogen-bond acceptors (Lipinski definition) is 4. The molecule has 3 rings (SSSR count). The standard InChI is InChI=1S/C22H27FN4O4S/c1-15(2)24-22(29)26-20-6-4-3-5-19(20)25-21(28)16-11-13-27(14-12-16)32(30,31)18-9-7-17(23)8-10-18/h3-10,15-16H,11-14H2,1-2H3,(H,25,28)(H2,24,26,29). The molecule has 1 aliphatic rings. The van der Waals surface area contributed by atoms with Crippen LogP contribution in [0.15, 0.2) is 53.4 Å². The van der Waals surface area contributed by atoms with E-state index in [9.17, 15) is 22.4 Å². The van der Waals surface area contributed by atoms with Crippen LogP contribution in [0, 0.1) is 11.7 Å². The molecule has 0 atom stereocenters.